The summed E-state index contributed by atoms with van der Waals surface area (Å²) >= 11 is 5.62. The molecule has 0 saturated heterocycles. The third-order valence-electron chi connectivity index (χ3n) is 1.28. The number of nitrogens with zero attached hydrogens (tertiary/aromatic N) is 1. The van der Waals surface area contributed by atoms with E-state index in [4.69, 9.17) is 17.3 Å². The molecule has 0 saturated carbocycles. The van der Waals surface area contributed by atoms with Gasteiger partial charge in [0.1, 0.15) is 6.34 Å². The predicted molar refractivity (Wildman–Crippen MR) is 49.5 cm³/mol. The fourth-order valence-corrected chi connectivity index (χ4v) is 0.843. The maximum Gasteiger partial charge on any atom is 0.365 e. The Labute approximate surface area is 79.9 Å². The van der Waals surface area contributed by atoms with Gasteiger partial charge in [-0.1, -0.05) is 16.8 Å². The zero-order chi connectivity index (χ0) is 9.68. The Hall–Kier alpha value is -1.55. The van der Waals surface area contributed by atoms with Crippen LogP contribution in [0.5, 0.6) is 0 Å². The summed E-state index contributed by atoms with van der Waals surface area (Å²) in [5, 5.41) is 3.70. The Bertz CT molecular complexity index is 321. The van der Waals surface area contributed by atoms with Crippen molar-refractivity contribution in [1.82, 2.24) is 0 Å². The van der Waals surface area contributed by atoms with Gasteiger partial charge in [-0.2, -0.15) is 0 Å². The molecule has 0 atom stereocenters. The van der Waals surface area contributed by atoms with Crippen LogP contribution in [0.2, 0.25) is 5.02 Å². The van der Waals surface area contributed by atoms with Gasteiger partial charge < -0.3 is 10.6 Å². The molecule has 0 amide bonds. The van der Waals surface area contributed by atoms with Crippen LogP contribution in [0.1, 0.15) is 10.4 Å². The highest BCUT2D eigenvalue weighted by molar-refractivity contribution is 6.30. The van der Waals surface area contributed by atoms with E-state index in [9.17, 15) is 4.79 Å². The van der Waals surface area contributed by atoms with Crippen LogP contribution in [-0.4, -0.2) is 12.3 Å². The molecule has 0 aliphatic rings. The molecule has 1 aromatic carbocycles. The van der Waals surface area contributed by atoms with Crippen molar-refractivity contribution in [3.05, 3.63) is 34.9 Å². The van der Waals surface area contributed by atoms with Crippen LogP contribution in [0.25, 0.3) is 0 Å². The molecule has 13 heavy (non-hydrogen) atoms. The van der Waals surface area contributed by atoms with E-state index in [1.54, 1.807) is 12.1 Å². The molecule has 0 unspecified atom stereocenters. The van der Waals surface area contributed by atoms with E-state index < -0.39 is 5.97 Å². The zero-order valence-electron chi connectivity index (χ0n) is 6.61. The Kier molecular flexibility index (Phi) is 3.28. The van der Waals surface area contributed by atoms with E-state index in [-0.39, 0.29) is 0 Å². The van der Waals surface area contributed by atoms with Crippen LogP contribution in [0.15, 0.2) is 29.4 Å². The molecule has 1 rings (SSSR count). The van der Waals surface area contributed by atoms with E-state index >= 15 is 0 Å². The van der Waals surface area contributed by atoms with Gasteiger partial charge in [0.2, 0.25) is 0 Å². The second kappa shape index (κ2) is 4.47. The van der Waals surface area contributed by atoms with Crippen molar-refractivity contribution in [3.63, 3.8) is 0 Å². The summed E-state index contributed by atoms with van der Waals surface area (Å²) in [4.78, 5) is 15.5. The second-order valence-electron chi connectivity index (χ2n) is 2.14. The molecule has 0 aliphatic carbocycles. The van der Waals surface area contributed by atoms with E-state index in [0.717, 1.165) is 6.34 Å². The molecule has 2 N–H and O–H groups in total. The molecule has 0 heterocycles. The van der Waals surface area contributed by atoms with Gasteiger partial charge in [0, 0.05) is 5.02 Å². The van der Waals surface area contributed by atoms with Gasteiger partial charge in [0.25, 0.3) is 0 Å². The average molecular weight is 199 g/mol. The maximum absolute atomic E-state index is 11.1. The van der Waals surface area contributed by atoms with Gasteiger partial charge in [-0.15, -0.1) is 0 Å². The van der Waals surface area contributed by atoms with Crippen LogP contribution in [0.4, 0.5) is 0 Å². The highest BCUT2D eigenvalue weighted by atomic mass is 35.5. The lowest BCUT2D eigenvalue weighted by molar-refractivity contribution is 0.0518. The number of carbonyl (C=O) groups is 1. The van der Waals surface area contributed by atoms with Crippen LogP contribution in [0, 0.1) is 0 Å². The molecule has 0 spiro atoms. The van der Waals surface area contributed by atoms with Crippen LogP contribution >= 0.6 is 11.6 Å². The molecule has 0 fully saturated rings. The second-order valence-corrected chi connectivity index (χ2v) is 2.58. The van der Waals surface area contributed by atoms with E-state index in [2.05, 4.69) is 9.99 Å². The van der Waals surface area contributed by atoms with Crippen molar-refractivity contribution in [2.75, 3.05) is 0 Å². The Morgan fingerprint density at radius 3 is 2.62 bits per heavy atom. The zero-order valence-corrected chi connectivity index (χ0v) is 7.36. The summed E-state index contributed by atoms with van der Waals surface area (Å²) < 4.78 is 0. The molecule has 5 heteroatoms. The number of benzene rings is 1. The number of rotatable bonds is 2. The van der Waals surface area contributed by atoms with Crippen molar-refractivity contribution >= 4 is 23.9 Å². The first-order valence-electron chi connectivity index (χ1n) is 3.44. The quantitative estimate of drug-likeness (QED) is 0.338. The van der Waals surface area contributed by atoms with Gasteiger partial charge in [0.15, 0.2) is 0 Å². The van der Waals surface area contributed by atoms with Crippen LogP contribution < -0.4 is 5.73 Å². The maximum atomic E-state index is 11.1. The van der Waals surface area contributed by atoms with Crippen LogP contribution in [-0.2, 0) is 4.84 Å². The van der Waals surface area contributed by atoms with E-state index in [1.807, 2.05) is 0 Å². The van der Waals surface area contributed by atoms with E-state index in [0.29, 0.717) is 10.6 Å². The lowest BCUT2D eigenvalue weighted by Gasteiger charge is -1.96. The van der Waals surface area contributed by atoms with Gasteiger partial charge in [-0.3, -0.25) is 0 Å². The van der Waals surface area contributed by atoms with Crippen molar-refractivity contribution in [3.8, 4) is 0 Å². The van der Waals surface area contributed by atoms with Crippen molar-refractivity contribution < 1.29 is 9.63 Å². The molecule has 1 aromatic rings. The van der Waals surface area contributed by atoms with E-state index in [1.165, 1.54) is 12.1 Å². The number of carbonyl (C=O) groups excluding carboxylic acids is 1. The van der Waals surface area contributed by atoms with Crippen molar-refractivity contribution in [2.45, 2.75) is 0 Å². The summed E-state index contributed by atoms with van der Waals surface area (Å²) in [6.45, 7) is 0. The van der Waals surface area contributed by atoms with Crippen molar-refractivity contribution in [1.29, 1.82) is 0 Å². The summed E-state index contributed by atoms with van der Waals surface area (Å²) in [5.41, 5.74) is 5.26. The first-order valence-corrected chi connectivity index (χ1v) is 3.82. The number of hydrogen-bond donors (Lipinski definition) is 1. The number of oxime groups is 1. The lowest BCUT2D eigenvalue weighted by Crippen LogP contribution is -2.01. The van der Waals surface area contributed by atoms with Gasteiger partial charge in [-0.05, 0) is 24.3 Å². The SMILES string of the molecule is N/C=N/OC(=O)c1ccc(Cl)cc1. The van der Waals surface area contributed by atoms with Gasteiger partial charge in [0.05, 0.1) is 5.56 Å². The highest BCUT2D eigenvalue weighted by Crippen LogP contribution is 2.10. The van der Waals surface area contributed by atoms with Gasteiger partial charge in [-0.25, -0.2) is 4.79 Å². The monoisotopic (exact) mass is 198 g/mol. The molecule has 0 radical (unpaired) electrons. The topological polar surface area (TPSA) is 64.7 Å². The molecule has 0 aliphatic heterocycles. The smallest absolute Gasteiger partial charge is 0.365 e. The Morgan fingerprint density at radius 1 is 1.46 bits per heavy atom. The summed E-state index contributed by atoms with van der Waals surface area (Å²) in [6, 6.07) is 6.25. The van der Waals surface area contributed by atoms with Gasteiger partial charge >= 0.3 is 5.97 Å². The largest absolute Gasteiger partial charge is 0.387 e. The van der Waals surface area contributed by atoms with Crippen LogP contribution in [0.3, 0.4) is 0 Å². The Balaban J connectivity index is 2.72. The minimum atomic E-state index is -0.571. The number of halogens is 1. The molecule has 0 bridgehead atoms. The van der Waals surface area contributed by atoms with Crippen molar-refractivity contribution in [2.24, 2.45) is 10.9 Å². The highest BCUT2D eigenvalue weighted by Gasteiger charge is 2.05. The molecule has 68 valence electrons. The first-order chi connectivity index (χ1) is 6.24. The molecular formula is C8H7ClN2O2. The number of hydrogen-bond acceptors (Lipinski definition) is 3. The fourth-order valence-electron chi connectivity index (χ4n) is 0.717. The average Bonchev–Trinajstić information content (AvgIpc) is 2.15. The summed E-state index contributed by atoms with van der Waals surface area (Å²) in [6.07, 6.45) is 0.897. The lowest BCUT2D eigenvalue weighted by atomic mass is 10.2. The third-order valence-corrected chi connectivity index (χ3v) is 1.53. The molecular weight excluding hydrogens is 192 g/mol. The third kappa shape index (κ3) is 2.76. The predicted octanol–water partition coefficient (Wildman–Crippen LogP) is 1.40. The standard InChI is InChI=1S/C8H7ClN2O2/c9-7-3-1-6(2-4-7)8(12)13-11-5-10/h1-5H,(H2,10,11). The summed E-state index contributed by atoms with van der Waals surface area (Å²) in [5.74, 6) is -0.571. The fraction of sp³-hybridized carbons (Fsp3) is 0. The normalized spacial score (nSPS) is 10.2. The summed E-state index contributed by atoms with van der Waals surface area (Å²) in [7, 11) is 0. The number of nitrogens with two attached hydrogens (primary N) is 1. The minimum absolute atomic E-state index is 0.370. The molecule has 4 nitrogen and oxygen atoms in total. The molecule has 0 aromatic heterocycles. The first kappa shape index (κ1) is 9.54. The Morgan fingerprint density at radius 2 is 2.08 bits per heavy atom. The minimum Gasteiger partial charge on any atom is -0.387 e.